The third kappa shape index (κ3) is 1.51. The summed E-state index contributed by atoms with van der Waals surface area (Å²) < 4.78 is 2.34. The lowest BCUT2D eigenvalue weighted by atomic mass is 9.80. The summed E-state index contributed by atoms with van der Waals surface area (Å²) in [6, 6.07) is 3.10. The lowest BCUT2D eigenvalue weighted by Crippen LogP contribution is -2.27. The van der Waals surface area contributed by atoms with Crippen LogP contribution in [0.5, 0.6) is 0 Å². The van der Waals surface area contributed by atoms with Crippen molar-refractivity contribution in [1.29, 1.82) is 0 Å². The Morgan fingerprint density at radius 3 is 2.67 bits per heavy atom. The van der Waals surface area contributed by atoms with Gasteiger partial charge in [0, 0.05) is 11.6 Å². The monoisotopic (exact) mass is 204 g/mol. The van der Waals surface area contributed by atoms with Gasteiger partial charge < -0.3 is 0 Å². The third-order valence-corrected chi connectivity index (χ3v) is 3.89. The summed E-state index contributed by atoms with van der Waals surface area (Å²) in [7, 11) is 0. The van der Waals surface area contributed by atoms with E-state index in [-0.39, 0.29) is 0 Å². The molecule has 1 saturated carbocycles. The first-order valence-electron chi connectivity index (χ1n) is 6.32. The van der Waals surface area contributed by atoms with Gasteiger partial charge in [0.25, 0.3) is 0 Å². The smallest absolute Gasteiger partial charge is 0.0630 e. The predicted molar refractivity (Wildman–Crippen MR) is 61.0 cm³/mol. The van der Waals surface area contributed by atoms with Crippen molar-refractivity contribution >= 4 is 0 Å². The molecule has 3 aliphatic rings. The van der Waals surface area contributed by atoms with Gasteiger partial charge in [0.15, 0.2) is 0 Å². The van der Waals surface area contributed by atoms with E-state index in [1.54, 1.807) is 0 Å². The Balaban J connectivity index is 1.94. The van der Waals surface area contributed by atoms with Gasteiger partial charge in [0.1, 0.15) is 0 Å². The number of hydrogen-bond donors (Lipinski definition) is 0. The molecule has 3 heterocycles. The Kier molecular flexibility index (Phi) is 2.11. The molecule has 2 aliphatic heterocycles. The van der Waals surface area contributed by atoms with E-state index < -0.39 is 0 Å². The maximum absolute atomic E-state index is 4.79. The van der Waals surface area contributed by atoms with Crippen LogP contribution in [0.25, 0.3) is 0 Å². The standard InChI is InChI=1S/C13H20N2/c1-9(2)7-11-8-13-10-3-5-12(6-4-10)15(13)14-11/h8-10,12H,3-7H2,1-2H3. The molecule has 1 aliphatic carbocycles. The zero-order valence-corrected chi connectivity index (χ0v) is 9.74. The second kappa shape index (κ2) is 3.36. The fourth-order valence-electron chi connectivity index (χ4n) is 3.19. The fourth-order valence-corrected chi connectivity index (χ4v) is 3.19. The first kappa shape index (κ1) is 9.44. The molecule has 1 aromatic rings. The molecule has 0 amide bonds. The van der Waals surface area contributed by atoms with Crippen molar-refractivity contribution in [2.24, 2.45) is 5.92 Å². The molecule has 0 saturated heterocycles. The van der Waals surface area contributed by atoms with Crippen LogP contribution in [-0.4, -0.2) is 9.78 Å². The van der Waals surface area contributed by atoms with E-state index in [2.05, 4.69) is 24.6 Å². The highest BCUT2D eigenvalue weighted by molar-refractivity contribution is 5.20. The maximum atomic E-state index is 4.79. The van der Waals surface area contributed by atoms with E-state index in [1.807, 2.05) is 0 Å². The second-order valence-electron chi connectivity index (χ2n) is 5.61. The minimum atomic E-state index is 0.722. The molecule has 4 rings (SSSR count). The minimum absolute atomic E-state index is 0.722. The second-order valence-corrected chi connectivity index (χ2v) is 5.61. The average Bonchev–Trinajstić information content (AvgIpc) is 2.63. The van der Waals surface area contributed by atoms with Crippen molar-refractivity contribution in [2.75, 3.05) is 0 Å². The number of rotatable bonds is 2. The van der Waals surface area contributed by atoms with Crippen molar-refractivity contribution in [2.45, 2.75) is 57.9 Å². The summed E-state index contributed by atoms with van der Waals surface area (Å²) in [6.07, 6.45) is 6.66. The van der Waals surface area contributed by atoms with Crippen molar-refractivity contribution < 1.29 is 0 Å². The Morgan fingerprint density at radius 2 is 2.07 bits per heavy atom. The van der Waals surface area contributed by atoms with Gasteiger partial charge in [-0.3, -0.25) is 4.68 Å². The number of fused-ring (bicyclic) bond motifs is 2. The van der Waals surface area contributed by atoms with Gasteiger partial charge >= 0.3 is 0 Å². The molecule has 82 valence electrons. The van der Waals surface area contributed by atoms with Crippen LogP contribution in [0, 0.1) is 5.92 Å². The van der Waals surface area contributed by atoms with Gasteiger partial charge in [0.05, 0.1) is 11.7 Å². The Hall–Kier alpha value is -0.790. The molecule has 0 atom stereocenters. The number of hydrogen-bond acceptors (Lipinski definition) is 1. The number of aromatic nitrogens is 2. The van der Waals surface area contributed by atoms with Crippen LogP contribution in [0.3, 0.4) is 0 Å². The van der Waals surface area contributed by atoms with Crippen LogP contribution in [0.1, 0.15) is 62.9 Å². The number of nitrogens with zero attached hydrogens (tertiary/aromatic N) is 2. The highest BCUT2D eigenvalue weighted by Crippen LogP contribution is 2.44. The van der Waals surface area contributed by atoms with Crippen molar-refractivity contribution in [3.05, 3.63) is 17.5 Å². The molecular weight excluding hydrogens is 184 g/mol. The van der Waals surface area contributed by atoms with Crippen molar-refractivity contribution in [1.82, 2.24) is 9.78 Å². The summed E-state index contributed by atoms with van der Waals surface area (Å²) in [4.78, 5) is 0. The van der Waals surface area contributed by atoms with E-state index in [0.717, 1.165) is 24.3 Å². The molecule has 0 aromatic carbocycles. The quantitative estimate of drug-likeness (QED) is 0.722. The largest absolute Gasteiger partial charge is 0.266 e. The predicted octanol–water partition coefficient (Wildman–Crippen LogP) is 3.29. The van der Waals surface area contributed by atoms with Crippen LogP contribution < -0.4 is 0 Å². The molecule has 2 heteroatoms. The van der Waals surface area contributed by atoms with Crippen molar-refractivity contribution in [3.8, 4) is 0 Å². The molecule has 15 heavy (non-hydrogen) atoms. The van der Waals surface area contributed by atoms with E-state index in [4.69, 9.17) is 5.10 Å². The van der Waals surface area contributed by atoms with Crippen LogP contribution >= 0.6 is 0 Å². The zero-order valence-electron chi connectivity index (χ0n) is 9.74. The van der Waals surface area contributed by atoms with Gasteiger partial charge in [-0.1, -0.05) is 13.8 Å². The molecule has 2 nitrogen and oxygen atoms in total. The highest BCUT2D eigenvalue weighted by Gasteiger charge is 2.33. The normalized spacial score (nSPS) is 28.5. The lowest BCUT2D eigenvalue weighted by molar-refractivity contribution is 0.238. The summed E-state index contributed by atoms with van der Waals surface area (Å²) in [5.41, 5.74) is 2.85. The minimum Gasteiger partial charge on any atom is -0.266 e. The van der Waals surface area contributed by atoms with Crippen LogP contribution in [-0.2, 0) is 6.42 Å². The van der Waals surface area contributed by atoms with Gasteiger partial charge in [-0.05, 0) is 44.1 Å². The van der Waals surface area contributed by atoms with Crippen LogP contribution in [0.4, 0.5) is 0 Å². The highest BCUT2D eigenvalue weighted by atomic mass is 15.3. The van der Waals surface area contributed by atoms with Crippen LogP contribution in [0.15, 0.2) is 6.07 Å². The Bertz CT molecular complexity index is 327. The molecular formula is C13H20N2. The third-order valence-electron chi connectivity index (χ3n) is 3.89. The summed E-state index contributed by atoms with van der Waals surface area (Å²) in [5.74, 6) is 1.54. The van der Waals surface area contributed by atoms with Crippen molar-refractivity contribution in [3.63, 3.8) is 0 Å². The fraction of sp³-hybridized carbons (Fsp3) is 0.769. The molecule has 0 unspecified atom stereocenters. The van der Waals surface area contributed by atoms with Gasteiger partial charge in [-0.2, -0.15) is 5.10 Å². The van der Waals surface area contributed by atoms with Gasteiger partial charge in [-0.25, -0.2) is 0 Å². The summed E-state index contributed by atoms with van der Waals surface area (Å²) in [6.45, 7) is 4.54. The topological polar surface area (TPSA) is 17.8 Å². The maximum Gasteiger partial charge on any atom is 0.0630 e. The summed E-state index contributed by atoms with van der Waals surface area (Å²) >= 11 is 0. The first-order valence-corrected chi connectivity index (χ1v) is 6.32. The molecule has 1 aromatic heterocycles. The molecule has 0 radical (unpaired) electrons. The van der Waals surface area contributed by atoms with Crippen LogP contribution in [0.2, 0.25) is 0 Å². The van der Waals surface area contributed by atoms with E-state index >= 15 is 0 Å². The van der Waals surface area contributed by atoms with E-state index in [1.165, 1.54) is 37.1 Å². The van der Waals surface area contributed by atoms with Gasteiger partial charge in [-0.15, -0.1) is 0 Å². The SMILES string of the molecule is CC(C)Cc1cc2n(n1)C1CCC2CC1. The lowest BCUT2D eigenvalue weighted by Gasteiger charge is -2.36. The average molecular weight is 204 g/mol. The summed E-state index contributed by atoms with van der Waals surface area (Å²) in [5, 5.41) is 4.79. The Morgan fingerprint density at radius 1 is 1.33 bits per heavy atom. The molecule has 0 spiro atoms. The first-order chi connectivity index (χ1) is 7.24. The Labute approximate surface area is 91.7 Å². The van der Waals surface area contributed by atoms with E-state index in [9.17, 15) is 0 Å². The molecule has 1 fully saturated rings. The van der Waals surface area contributed by atoms with E-state index in [0.29, 0.717) is 0 Å². The molecule has 0 N–H and O–H groups in total. The molecule has 2 bridgehead atoms. The van der Waals surface area contributed by atoms with Gasteiger partial charge in [0.2, 0.25) is 0 Å². The zero-order chi connectivity index (χ0) is 10.4.